The largest absolute Gasteiger partial charge is 0.383 e. The minimum atomic E-state index is -1.05. The third-order valence-electron chi connectivity index (χ3n) is 4.27. The van der Waals surface area contributed by atoms with Gasteiger partial charge < -0.3 is 15.7 Å². The maximum atomic E-state index is 12.1. The highest BCUT2D eigenvalue weighted by atomic mass is 35.5. The third kappa shape index (κ3) is 3.66. The number of carbonyl (C=O) groups is 1. The van der Waals surface area contributed by atoms with E-state index in [1.54, 1.807) is 18.2 Å². The lowest BCUT2D eigenvalue weighted by molar-refractivity contribution is 0.0221. The summed E-state index contributed by atoms with van der Waals surface area (Å²) in [5.41, 5.74) is 1.39. The van der Waals surface area contributed by atoms with E-state index in [0.717, 1.165) is 24.0 Å². The number of halogens is 2. The number of anilines is 1. The third-order valence-corrected chi connectivity index (χ3v) is 4.84. The second-order valence-corrected chi connectivity index (χ2v) is 6.82. The predicted octanol–water partition coefficient (Wildman–Crippen LogP) is 4.34. The lowest BCUT2D eigenvalue weighted by Crippen LogP contribution is -2.44. The first kappa shape index (κ1) is 17.1. The molecule has 24 heavy (non-hydrogen) atoms. The Balaban J connectivity index is 1.67. The van der Waals surface area contributed by atoms with Crippen LogP contribution < -0.4 is 10.6 Å². The zero-order chi connectivity index (χ0) is 17.2. The summed E-state index contributed by atoms with van der Waals surface area (Å²) in [7, 11) is 0. The average Bonchev–Trinajstić information content (AvgIpc) is 2.57. The van der Waals surface area contributed by atoms with Crippen molar-refractivity contribution in [2.45, 2.75) is 24.9 Å². The molecule has 0 fully saturated rings. The van der Waals surface area contributed by atoms with E-state index in [1.165, 1.54) is 0 Å². The fourth-order valence-corrected chi connectivity index (χ4v) is 3.41. The van der Waals surface area contributed by atoms with Crippen LogP contribution in [0.15, 0.2) is 42.5 Å². The molecule has 0 bridgehead atoms. The summed E-state index contributed by atoms with van der Waals surface area (Å²) < 4.78 is 0. The molecular formula is C18H18Cl2N2O2. The number of benzene rings is 2. The molecule has 0 saturated carbocycles. The topological polar surface area (TPSA) is 61.4 Å². The second kappa shape index (κ2) is 7.01. The summed E-state index contributed by atoms with van der Waals surface area (Å²) in [5, 5.41) is 17.2. The normalized spacial score (nSPS) is 19.5. The number of fused-ring (bicyclic) bond motifs is 1. The van der Waals surface area contributed by atoms with E-state index in [1.807, 2.05) is 24.3 Å². The summed E-state index contributed by atoms with van der Waals surface area (Å²) in [5.74, 6) is 0. The van der Waals surface area contributed by atoms with Gasteiger partial charge in [0.1, 0.15) is 5.60 Å². The Morgan fingerprint density at radius 3 is 2.83 bits per heavy atom. The molecule has 3 rings (SSSR count). The Morgan fingerprint density at radius 1 is 1.21 bits per heavy atom. The molecular weight excluding hydrogens is 347 g/mol. The van der Waals surface area contributed by atoms with E-state index in [-0.39, 0.29) is 6.54 Å². The number of hydrogen-bond acceptors (Lipinski definition) is 2. The van der Waals surface area contributed by atoms with Crippen LogP contribution in [0.1, 0.15) is 24.0 Å². The summed E-state index contributed by atoms with van der Waals surface area (Å²) in [6.45, 7) is 0.133. The number of carbonyl (C=O) groups excluding carboxylic acids is 1. The standard InChI is InChI=1S/C18H18Cl2N2O2/c19-13-7-8-15(20)16(10-13)22-17(23)21-11-18(24)9-3-5-12-4-1-2-6-14(12)18/h1-2,4,6-8,10,24H,3,5,9,11H2,(H2,21,22,23). The summed E-state index contributed by atoms with van der Waals surface area (Å²) >= 11 is 11.9. The molecule has 1 unspecified atom stereocenters. The van der Waals surface area contributed by atoms with Crippen LogP contribution in [0.3, 0.4) is 0 Å². The lowest BCUT2D eigenvalue weighted by Gasteiger charge is -2.34. The van der Waals surface area contributed by atoms with Gasteiger partial charge in [-0.05, 0) is 48.6 Å². The fraction of sp³-hybridized carbons (Fsp3) is 0.278. The highest BCUT2D eigenvalue weighted by molar-refractivity contribution is 6.35. The molecule has 0 heterocycles. The van der Waals surface area contributed by atoms with Crippen molar-refractivity contribution in [2.75, 3.05) is 11.9 Å². The first-order chi connectivity index (χ1) is 11.5. The van der Waals surface area contributed by atoms with Gasteiger partial charge in [0, 0.05) is 5.02 Å². The molecule has 6 heteroatoms. The monoisotopic (exact) mass is 364 g/mol. The van der Waals surface area contributed by atoms with E-state index in [9.17, 15) is 9.90 Å². The van der Waals surface area contributed by atoms with Crippen LogP contribution >= 0.6 is 23.2 Å². The van der Waals surface area contributed by atoms with Gasteiger partial charge in [-0.1, -0.05) is 47.5 Å². The molecule has 0 aliphatic heterocycles. The van der Waals surface area contributed by atoms with Gasteiger partial charge in [-0.15, -0.1) is 0 Å². The Hall–Kier alpha value is -1.75. The quantitative estimate of drug-likeness (QED) is 0.758. The van der Waals surface area contributed by atoms with Crippen molar-refractivity contribution in [1.82, 2.24) is 5.32 Å². The van der Waals surface area contributed by atoms with Crippen molar-refractivity contribution in [3.05, 3.63) is 63.6 Å². The molecule has 2 amide bonds. The number of nitrogens with one attached hydrogen (secondary N) is 2. The Kier molecular flexibility index (Phi) is 4.99. The van der Waals surface area contributed by atoms with Crippen molar-refractivity contribution < 1.29 is 9.90 Å². The predicted molar refractivity (Wildman–Crippen MR) is 96.8 cm³/mol. The van der Waals surface area contributed by atoms with Crippen LogP contribution in [0.2, 0.25) is 10.0 Å². The van der Waals surface area contributed by atoms with Crippen molar-refractivity contribution in [3.8, 4) is 0 Å². The van der Waals surface area contributed by atoms with Crippen LogP contribution in [0, 0.1) is 0 Å². The van der Waals surface area contributed by atoms with E-state index >= 15 is 0 Å². The van der Waals surface area contributed by atoms with Gasteiger partial charge >= 0.3 is 6.03 Å². The molecule has 126 valence electrons. The van der Waals surface area contributed by atoms with Crippen molar-refractivity contribution in [2.24, 2.45) is 0 Å². The number of amides is 2. The molecule has 0 spiro atoms. The van der Waals surface area contributed by atoms with E-state index < -0.39 is 11.6 Å². The summed E-state index contributed by atoms with van der Waals surface area (Å²) in [6, 6.07) is 12.2. The van der Waals surface area contributed by atoms with Gasteiger partial charge in [-0.2, -0.15) is 0 Å². The highest BCUT2D eigenvalue weighted by Crippen LogP contribution is 2.34. The van der Waals surface area contributed by atoms with Crippen LogP contribution in [-0.2, 0) is 12.0 Å². The molecule has 0 radical (unpaired) electrons. The number of rotatable bonds is 3. The second-order valence-electron chi connectivity index (χ2n) is 5.97. The van der Waals surface area contributed by atoms with E-state index in [4.69, 9.17) is 23.2 Å². The maximum Gasteiger partial charge on any atom is 0.319 e. The summed E-state index contributed by atoms with van der Waals surface area (Å²) in [4.78, 5) is 12.1. The molecule has 1 atom stereocenters. The minimum Gasteiger partial charge on any atom is -0.383 e. The maximum absolute atomic E-state index is 12.1. The van der Waals surface area contributed by atoms with Crippen molar-refractivity contribution in [1.29, 1.82) is 0 Å². The molecule has 1 aliphatic rings. The first-order valence-corrected chi connectivity index (χ1v) is 8.54. The Labute approximate surface area is 150 Å². The van der Waals surface area contributed by atoms with Crippen LogP contribution in [0.5, 0.6) is 0 Å². The SMILES string of the molecule is O=C(NCC1(O)CCCc2ccccc21)Nc1cc(Cl)ccc1Cl. The van der Waals surface area contributed by atoms with Crippen LogP contribution in [0.4, 0.5) is 10.5 Å². The van der Waals surface area contributed by atoms with Gasteiger partial charge in [-0.3, -0.25) is 0 Å². The zero-order valence-electron chi connectivity index (χ0n) is 13.0. The number of hydrogen-bond donors (Lipinski definition) is 3. The van der Waals surface area contributed by atoms with Crippen molar-refractivity contribution in [3.63, 3.8) is 0 Å². The van der Waals surface area contributed by atoms with Gasteiger partial charge in [0.2, 0.25) is 0 Å². The molecule has 0 saturated heterocycles. The van der Waals surface area contributed by atoms with E-state index in [2.05, 4.69) is 10.6 Å². The fourth-order valence-electron chi connectivity index (χ4n) is 3.07. The van der Waals surface area contributed by atoms with Crippen LogP contribution in [-0.4, -0.2) is 17.7 Å². The first-order valence-electron chi connectivity index (χ1n) is 7.79. The van der Waals surface area contributed by atoms with Gasteiger partial charge in [0.15, 0.2) is 0 Å². The molecule has 0 aromatic heterocycles. The smallest absolute Gasteiger partial charge is 0.319 e. The number of urea groups is 1. The van der Waals surface area contributed by atoms with Crippen molar-refractivity contribution >= 4 is 34.9 Å². The van der Waals surface area contributed by atoms with Crippen LogP contribution in [0.25, 0.3) is 0 Å². The lowest BCUT2D eigenvalue weighted by atomic mass is 9.79. The Morgan fingerprint density at radius 2 is 2.00 bits per heavy atom. The van der Waals surface area contributed by atoms with Gasteiger partial charge in [0.25, 0.3) is 0 Å². The number of aryl methyl sites for hydroxylation is 1. The average molecular weight is 365 g/mol. The minimum absolute atomic E-state index is 0.133. The molecule has 2 aromatic rings. The van der Waals surface area contributed by atoms with Gasteiger partial charge in [-0.25, -0.2) is 4.79 Å². The summed E-state index contributed by atoms with van der Waals surface area (Å²) in [6.07, 6.45) is 2.45. The highest BCUT2D eigenvalue weighted by Gasteiger charge is 2.34. The van der Waals surface area contributed by atoms with E-state index in [0.29, 0.717) is 22.2 Å². The zero-order valence-corrected chi connectivity index (χ0v) is 14.5. The molecule has 1 aliphatic carbocycles. The molecule has 4 nitrogen and oxygen atoms in total. The van der Waals surface area contributed by atoms with Gasteiger partial charge in [0.05, 0.1) is 17.3 Å². The number of aliphatic hydroxyl groups is 1. The Bertz CT molecular complexity index is 766. The molecule has 3 N–H and O–H groups in total. The molecule has 2 aromatic carbocycles.